The predicted octanol–water partition coefficient (Wildman–Crippen LogP) is 5.24. The summed E-state index contributed by atoms with van der Waals surface area (Å²) < 4.78 is 19.7. The van der Waals surface area contributed by atoms with E-state index in [1.165, 1.54) is 31.4 Å². The van der Waals surface area contributed by atoms with Crippen LogP contribution in [0.5, 0.6) is 0 Å². The molecule has 0 radical (unpaired) electrons. The molecule has 26 heavy (non-hydrogen) atoms. The summed E-state index contributed by atoms with van der Waals surface area (Å²) in [6.45, 7) is 2.43. The molecule has 138 valence electrons. The molecule has 2 aromatic rings. The first kappa shape index (κ1) is 17.5. The zero-order valence-electron chi connectivity index (χ0n) is 14.8. The monoisotopic (exact) mass is 376 g/mol. The third-order valence-electron chi connectivity index (χ3n) is 5.78. The fourth-order valence-electron chi connectivity index (χ4n) is 4.54. The third-order valence-corrected chi connectivity index (χ3v) is 6.10. The molecule has 0 unspecified atom stereocenters. The lowest BCUT2D eigenvalue weighted by molar-refractivity contribution is 0.0390. The lowest BCUT2D eigenvalue weighted by Gasteiger charge is -2.44. The average molecular weight is 377 g/mol. The number of aromatic nitrogens is 1. The van der Waals surface area contributed by atoms with Crippen molar-refractivity contribution in [2.75, 3.05) is 6.54 Å². The Morgan fingerprint density at radius 2 is 2.04 bits per heavy atom. The van der Waals surface area contributed by atoms with Crippen LogP contribution in [0.3, 0.4) is 0 Å². The van der Waals surface area contributed by atoms with Crippen LogP contribution in [0, 0.1) is 18.7 Å². The van der Waals surface area contributed by atoms with Gasteiger partial charge in [0.1, 0.15) is 22.8 Å². The van der Waals surface area contributed by atoms with Crippen LogP contribution in [-0.4, -0.2) is 28.6 Å². The lowest BCUT2D eigenvalue weighted by Crippen LogP contribution is -2.49. The molecule has 0 spiro atoms. The zero-order valence-corrected chi connectivity index (χ0v) is 15.6. The Balaban J connectivity index is 1.74. The number of hydrogen-bond acceptors (Lipinski definition) is 3. The molecule has 2 atom stereocenters. The van der Waals surface area contributed by atoms with Crippen LogP contribution >= 0.6 is 11.6 Å². The molecule has 1 aliphatic carbocycles. The molecule has 1 aromatic carbocycles. The van der Waals surface area contributed by atoms with Crippen LogP contribution in [0.15, 0.2) is 22.7 Å². The number of benzene rings is 1. The molecule has 1 saturated heterocycles. The minimum atomic E-state index is -0.506. The number of hydrogen-bond donors (Lipinski definition) is 0. The summed E-state index contributed by atoms with van der Waals surface area (Å²) in [5, 5.41) is 4.20. The van der Waals surface area contributed by atoms with Gasteiger partial charge in [0.05, 0.1) is 10.6 Å². The van der Waals surface area contributed by atoms with Crippen molar-refractivity contribution in [1.82, 2.24) is 10.1 Å². The molecule has 1 aromatic heterocycles. The largest absolute Gasteiger partial charge is 0.360 e. The minimum Gasteiger partial charge on any atom is -0.360 e. The molecule has 6 heteroatoms. The molecule has 0 N–H and O–H groups in total. The number of rotatable bonds is 2. The van der Waals surface area contributed by atoms with Crippen LogP contribution < -0.4 is 0 Å². The number of amides is 1. The van der Waals surface area contributed by atoms with Gasteiger partial charge in [-0.15, -0.1) is 0 Å². The first-order valence-electron chi connectivity index (χ1n) is 9.29. The summed E-state index contributed by atoms with van der Waals surface area (Å²) >= 11 is 6.20. The summed E-state index contributed by atoms with van der Waals surface area (Å²) in [7, 11) is 0. The summed E-state index contributed by atoms with van der Waals surface area (Å²) in [5.41, 5.74) is 0.670. The smallest absolute Gasteiger partial charge is 0.260 e. The van der Waals surface area contributed by atoms with E-state index in [1.54, 1.807) is 13.0 Å². The van der Waals surface area contributed by atoms with Crippen LogP contribution in [0.1, 0.15) is 54.6 Å². The number of aryl methyl sites for hydroxylation is 1. The van der Waals surface area contributed by atoms with Gasteiger partial charge in [-0.25, -0.2) is 4.39 Å². The number of carbonyl (C=O) groups excluding carboxylic acids is 1. The normalized spacial score (nSPS) is 23.0. The fraction of sp³-hybridized carbons (Fsp3) is 0.500. The van der Waals surface area contributed by atoms with Gasteiger partial charge < -0.3 is 9.42 Å². The topological polar surface area (TPSA) is 46.3 Å². The van der Waals surface area contributed by atoms with Crippen molar-refractivity contribution in [1.29, 1.82) is 0 Å². The number of likely N-dealkylation sites (tertiary alicyclic amines) is 1. The molecule has 1 aliphatic heterocycles. The lowest BCUT2D eigenvalue weighted by atomic mass is 9.78. The Labute approximate surface area is 157 Å². The van der Waals surface area contributed by atoms with Gasteiger partial charge in [-0.2, -0.15) is 0 Å². The van der Waals surface area contributed by atoms with Crippen molar-refractivity contribution in [2.45, 2.75) is 51.5 Å². The van der Waals surface area contributed by atoms with Gasteiger partial charge in [0.2, 0.25) is 0 Å². The van der Waals surface area contributed by atoms with Gasteiger partial charge in [0.15, 0.2) is 0 Å². The molecule has 0 bridgehead atoms. The van der Waals surface area contributed by atoms with Crippen molar-refractivity contribution in [3.8, 4) is 11.3 Å². The van der Waals surface area contributed by atoms with E-state index >= 15 is 0 Å². The van der Waals surface area contributed by atoms with Crippen LogP contribution in [-0.2, 0) is 0 Å². The second-order valence-electron chi connectivity index (χ2n) is 7.31. The maximum absolute atomic E-state index is 14.4. The number of fused-ring (bicyclic) bond motifs is 1. The highest BCUT2D eigenvalue weighted by Gasteiger charge is 2.38. The summed E-state index contributed by atoms with van der Waals surface area (Å²) in [5.74, 6) is 0.355. The van der Waals surface area contributed by atoms with E-state index in [0.29, 0.717) is 17.2 Å². The molecule has 4 nitrogen and oxygen atoms in total. The molecule has 2 fully saturated rings. The predicted molar refractivity (Wildman–Crippen MR) is 97.7 cm³/mol. The van der Waals surface area contributed by atoms with Gasteiger partial charge in [0, 0.05) is 12.6 Å². The Morgan fingerprint density at radius 1 is 1.27 bits per heavy atom. The van der Waals surface area contributed by atoms with Crippen molar-refractivity contribution < 1.29 is 13.7 Å². The van der Waals surface area contributed by atoms with Gasteiger partial charge in [-0.05, 0) is 50.7 Å². The van der Waals surface area contributed by atoms with Gasteiger partial charge in [0.25, 0.3) is 5.91 Å². The van der Waals surface area contributed by atoms with E-state index < -0.39 is 5.82 Å². The second kappa shape index (κ2) is 7.03. The molecule has 1 saturated carbocycles. The SMILES string of the molecule is Cc1onc(-c2c(F)cccc2Cl)c1C(=O)N1CCC[C@H]2CCCC[C@H]21. The van der Waals surface area contributed by atoms with E-state index in [1.807, 2.05) is 4.90 Å². The highest BCUT2D eigenvalue weighted by molar-refractivity contribution is 6.33. The van der Waals surface area contributed by atoms with E-state index in [2.05, 4.69) is 5.16 Å². The molecule has 2 aliphatic rings. The Morgan fingerprint density at radius 3 is 2.85 bits per heavy atom. The van der Waals surface area contributed by atoms with E-state index in [-0.39, 0.29) is 28.2 Å². The summed E-state index contributed by atoms with van der Waals surface area (Å²) in [4.78, 5) is 15.4. The molecule has 1 amide bonds. The second-order valence-corrected chi connectivity index (χ2v) is 7.72. The van der Waals surface area contributed by atoms with Crippen molar-refractivity contribution in [3.05, 3.63) is 40.4 Å². The Kier molecular flexibility index (Phi) is 4.74. The van der Waals surface area contributed by atoms with E-state index in [0.717, 1.165) is 25.8 Å². The standard InChI is InChI=1S/C20H22ClFN2O2/c1-12-17(19(23-26-12)18-14(21)8-4-9-15(18)22)20(25)24-11-5-7-13-6-2-3-10-16(13)24/h4,8-9,13,16H,2-3,5-7,10-11H2,1H3/t13-,16-/m1/s1. The maximum Gasteiger partial charge on any atom is 0.260 e. The first-order chi connectivity index (χ1) is 12.6. The minimum absolute atomic E-state index is 0.116. The summed E-state index contributed by atoms with van der Waals surface area (Å²) in [6.07, 6.45) is 6.81. The number of carbonyl (C=O) groups is 1. The van der Waals surface area contributed by atoms with Gasteiger partial charge in [-0.3, -0.25) is 4.79 Å². The highest BCUT2D eigenvalue weighted by atomic mass is 35.5. The Hall–Kier alpha value is -1.88. The van der Waals surface area contributed by atoms with Crippen molar-refractivity contribution >= 4 is 17.5 Å². The van der Waals surface area contributed by atoms with Crippen LogP contribution in [0.25, 0.3) is 11.3 Å². The summed E-state index contributed by atoms with van der Waals surface area (Å²) in [6, 6.07) is 4.71. The number of piperidine rings is 1. The molecular formula is C20H22ClFN2O2. The third kappa shape index (κ3) is 2.92. The van der Waals surface area contributed by atoms with Crippen LogP contribution in [0.2, 0.25) is 5.02 Å². The zero-order chi connectivity index (χ0) is 18.3. The van der Waals surface area contributed by atoms with Crippen molar-refractivity contribution in [3.63, 3.8) is 0 Å². The molecule has 4 rings (SSSR count). The maximum atomic E-state index is 14.4. The number of nitrogens with zero attached hydrogens (tertiary/aromatic N) is 2. The van der Waals surface area contributed by atoms with Gasteiger partial charge >= 0.3 is 0 Å². The van der Waals surface area contributed by atoms with E-state index in [4.69, 9.17) is 16.1 Å². The van der Waals surface area contributed by atoms with Crippen molar-refractivity contribution in [2.24, 2.45) is 5.92 Å². The highest BCUT2D eigenvalue weighted by Crippen LogP contribution is 2.38. The fourth-order valence-corrected chi connectivity index (χ4v) is 4.79. The first-order valence-corrected chi connectivity index (χ1v) is 9.67. The van der Waals surface area contributed by atoms with Gasteiger partial charge in [-0.1, -0.05) is 35.7 Å². The van der Waals surface area contributed by atoms with E-state index in [9.17, 15) is 9.18 Å². The average Bonchev–Trinajstić information content (AvgIpc) is 3.02. The molecule has 2 heterocycles. The Bertz CT molecular complexity index is 813. The number of halogens is 2. The van der Waals surface area contributed by atoms with Crippen LogP contribution in [0.4, 0.5) is 4.39 Å². The molecular weight excluding hydrogens is 355 g/mol. The quantitative estimate of drug-likeness (QED) is 0.720.